The first kappa shape index (κ1) is 9.74. The Morgan fingerprint density at radius 2 is 2.23 bits per heavy atom. The summed E-state index contributed by atoms with van der Waals surface area (Å²) in [6, 6.07) is 4.08. The number of phenolic OH excluding ortho intramolecular Hbond substituents is 1. The van der Waals surface area contributed by atoms with Gasteiger partial charge < -0.3 is 10.2 Å². The van der Waals surface area contributed by atoms with Crippen molar-refractivity contribution in [2.75, 3.05) is 6.61 Å². The van der Waals surface area contributed by atoms with Gasteiger partial charge in [0.1, 0.15) is 0 Å². The molecule has 0 aliphatic carbocycles. The third-order valence-corrected chi connectivity index (χ3v) is 1.63. The molecule has 0 radical (unpaired) electrons. The van der Waals surface area contributed by atoms with Crippen molar-refractivity contribution in [3.8, 4) is 5.75 Å². The minimum Gasteiger partial charge on any atom is -0.505 e. The Labute approximate surface area is 76.0 Å². The normalized spacial score (nSPS) is 11.8. The van der Waals surface area contributed by atoms with Gasteiger partial charge in [-0.25, -0.2) is 4.39 Å². The Bertz CT molecular complexity index is 332. The molecular formula is C10H11FO2. The zero-order valence-corrected chi connectivity index (χ0v) is 7.29. The number of hydrogen-bond donors (Lipinski definition) is 2. The van der Waals surface area contributed by atoms with E-state index in [0.29, 0.717) is 5.56 Å². The van der Waals surface area contributed by atoms with Crippen LogP contribution in [0.1, 0.15) is 12.5 Å². The molecule has 0 saturated carbocycles. The summed E-state index contributed by atoms with van der Waals surface area (Å²) in [6.45, 7) is 1.69. The predicted octanol–water partition coefficient (Wildman–Crippen LogP) is 1.93. The van der Waals surface area contributed by atoms with E-state index in [1.165, 1.54) is 12.1 Å². The lowest BCUT2D eigenvalue weighted by Gasteiger charge is -1.98. The van der Waals surface area contributed by atoms with Crippen LogP contribution in [0.4, 0.5) is 4.39 Å². The zero-order chi connectivity index (χ0) is 9.84. The second kappa shape index (κ2) is 4.05. The SMILES string of the molecule is C/C(=C/c1ccc(O)c(F)c1)CO. The number of aromatic hydroxyl groups is 1. The Hall–Kier alpha value is -1.35. The number of halogens is 1. The fourth-order valence-corrected chi connectivity index (χ4v) is 0.943. The molecular weight excluding hydrogens is 171 g/mol. The minimum absolute atomic E-state index is 0.0531. The standard InChI is InChI=1S/C10H11FO2/c1-7(6-12)4-8-2-3-10(13)9(11)5-8/h2-5,12-13H,6H2,1H3/b7-4-. The highest BCUT2D eigenvalue weighted by molar-refractivity contribution is 5.53. The molecule has 1 aromatic rings. The molecule has 13 heavy (non-hydrogen) atoms. The van der Waals surface area contributed by atoms with Crippen molar-refractivity contribution in [1.82, 2.24) is 0 Å². The first-order chi connectivity index (χ1) is 6.13. The monoisotopic (exact) mass is 182 g/mol. The Kier molecular flexibility index (Phi) is 3.03. The molecule has 0 saturated heterocycles. The zero-order valence-electron chi connectivity index (χ0n) is 7.29. The molecule has 2 nitrogen and oxygen atoms in total. The highest BCUT2D eigenvalue weighted by atomic mass is 19.1. The summed E-state index contributed by atoms with van der Waals surface area (Å²) in [6.07, 6.45) is 1.66. The van der Waals surface area contributed by atoms with Crippen LogP contribution in [0.25, 0.3) is 6.08 Å². The second-order valence-corrected chi connectivity index (χ2v) is 2.86. The molecule has 0 heterocycles. The summed E-state index contributed by atoms with van der Waals surface area (Å²) < 4.78 is 12.8. The number of aliphatic hydroxyl groups excluding tert-OH is 1. The molecule has 1 aromatic carbocycles. The van der Waals surface area contributed by atoms with Crippen molar-refractivity contribution < 1.29 is 14.6 Å². The molecule has 0 atom stereocenters. The third kappa shape index (κ3) is 2.56. The van der Waals surface area contributed by atoms with Crippen LogP contribution in [0.3, 0.4) is 0 Å². The number of rotatable bonds is 2. The molecule has 3 heteroatoms. The van der Waals surface area contributed by atoms with Gasteiger partial charge in [-0.1, -0.05) is 12.1 Å². The molecule has 0 unspecified atom stereocenters. The summed E-state index contributed by atoms with van der Waals surface area (Å²) >= 11 is 0. The van der Waals surface area contributed by atoms with Gasteiger partial charge in [-0.05, 0) is 30.2 Å². The van der Waals surface area contributed by atoms with Crippen LogP contribution in [0, 0.1) is 5.82 Å². The topological polar surface area (TPSA) is 40.5 Å². The van der Waals surface area contributed by atoms with E-state index in [4.69, 9.17) is 10.2 Å². The number of aliphatic hydroxyl groups is 1. The van der Waals surface area contributed by atoms with E-state index in [2.05, 4.69) is 0 Å². The third-order valence-electron chi connectivity index (χ3n) is 1.63. The van der Waals surface area contributed by atoms with Crippen molar-refractivity contribution in [3.63, 3.8) is 0 Å². The van der Waals surface area contributed by atoms with Crippen LogP contribution in [-0.2, 0) is 0 Å². The molecule has 0 bridgehead atoms. The van der Waals surface area contributed by atoms with Crippen LogP contribution >= 0.6 is 0 Å². The van der Waals surface area contributed by atoms with Crippen LogP contribution in [0.2, 0.25) is 0 Å². The first-order valence-electron chi connectivity index (χ1n) is 3.90. The first-order valence-corrected chi connectivity index (χ1v) is 3.90. The van der Waals surface area contributed by atoms with Gasteiger partial charge in [-0.2, -0.15) is 0 Å². The van der Waals surface area contributed by atoms with Gasteiger partial charge in [0.2, 0.25) is 0 Å². The van der Waals surface area contributed by atoms with E-state index < -0.39 is 5.82 Å². The Morgan fingerprint density at radius 3 is 2.77 bits per heavy atom. The average Bonchev–Trinajstić information content (AvgIpc) is 2.11. The van der Waals surface area contributed by atoms with Crippen LogP contribution in [0.15, 0.2) is 23.8 Å². The van der Waals surface area contributed by atoms with Gasteiger partial charge in [0.05, 0.1) is 6.61 Å². The van der Waals surface area contributed by atoms with Gasteiger partial charge in [-0.15, -0.1) is 0 Å². The maximum absolute atomic E-state index is 12.8. The van der Waals surface area contributed by atoms with Crippen molar-refractivity contribution in [2.45, 2.75) is 6.92 Å². The second-order valence-electron chi connectivity index (χ2n) is 2.86. The smallest absolute Gasteiger partial charge is 0.165 e. The van der Waals surface area contributed by atoms with Gasteiger partial charge in [-0.3, -0.25) is 0 Å². The van der Waals surface area contributed by atoms with Gasteiger partial charge in [0.25, 0.3) is 0 Å². The largest absolute Gasteiger partial charge is 0.505 e. The molecule has 0 fully saturated rings. The lowest BCUT2D eigenvalue weighted by molar-refractivity contribution is 0.332. The van der Waals surface area contributed by atoms with Crippen molar-refractivity contribution in [1.29, 1.82) is 0 Å². The molecule has 0 amide bonds. The summed E-state index contributed by atoms with van der Waals surface area (Å²) in [5.41, 5.74) is 1.37. The van der Waals surface area contributed by atoms with Gasteiger partial charge in [0.15, 0.2) is 11.6 Å². The maximum Gasteiger partial charge on any atom is 0.165 e. The number of hydrogen-bond acceptors (Lipinski definition) is 2. The fourth-order valence-electron chi connectivity index (χ4n) is 0.943. The number of benzene rings is 1. The molecule has 2 N–H and O–H groups in total. The lowest BCUT2D eigenvalue weighted by atomic mass is 10.1. The maximum atomic E-state index is 12.8. The van der Waals surface area contributed by atoms with E-state index in [1.807, 2.05) is 0 Å². The van der Waals surface area contributed by atoms with E-state index >= 15 is 0 Å². The predicted molar refractivity (Wildman–Crippen MR) is 48.8 cm³/mol. The van der Waals surface area contributed by atoms with Crippen LogP contribution in [-0.4, -0.2) is 16.8 Å². The minimum atomic E-state index is -0.653. The summed E-state index contributed by atoms with van der Waals surface area (Å²) in [7, 11) is 0. The summed E-state index contributed by atoms with van der Waals surface area (Å²) in [4.78, 5) is 0. The lowest BCUT2D eigenvalue weighted by Crippen LogP contribution is -1.84. The quantitative estimate of drug-likeness (QED) is 0.733. The Morgan fingerprint density at radius 1 is 1.54 bits per heavy atom. The van der Waals surface area contributed by atoms with E-state index in [9.17, 15) is 4.39 Å². The van der Waals surface area contributed by atoms with Crippen LogP contribution < -0.4 is 0 Å². The molecule has 0 aliphatic rings. The van der Waals surface area contributed by atoms with Crippen molar-refractivity contribution in [2.24, 2.45) is 0 Å². The molecule has 1 rings (SSSR count). The molecule has 0 aliphatic heterocycles. The van der Waals surface area contributed by atoms with Gasteiger partial charge in [0, 0.05) is 0 Å². The van der Waals surface area contributed by atoms with Crippen LogP contribution in [0.5, 0.6) is 5.75 Å². The van der Waals surface area contributed by atoms with Crippen molar-refractivity contribution in [3.05, 3.63) is 35.2 Å². The van der Waals surface area contributed by atoms with Gasteiger partial charge >= 0.3 is 0 Å². The van der Waals surface area contributed by atoms with E-state index in [1.54, 1.807) is 19.1 Å². The Balaban J connectivity index is 2.98. The summed E-state index contributed by atoms with van der Waals surface area (Å²) in [5.74, 6) is -1.02. The highest BCUT2D eigenvalue weighted by Crippen LogP contribution is 2.17. The summed E-state index contributed by atoms with van der Waals surface area (Å²) in [5, 5.41) is 17.6. The highest BCUT2D eigenvalue weighted by Gasteiger charge is 1.99. The molecule has 0 spiro atoms. The van der Waals surface area contributed by atoms with Crippen molar-refractivity contribution >= 4 is 6.08 Å². The average molecular weight is 182 g/mol. The molecule has 70 valence electrons. The van der Waals surface area contributed by atoms with E-state index in [0.717, 1.165) is 5.57 Å². The fraction of sp³-hybridized carbons (Fsp3) is 0.200. The number of phenols is 1. The molecule has 0 aromatic heterocycles. The van der Waals surface area contributed by atoms with E-state index in [-0.39, 0.29) is 12.4 Å².